The van der Waals surface area contributed by atoms with Gasteiger partial charge < -0.3 is 5.32 Å². The number of carbonyl (C=O) groups is 1. The molecular weight excluding hydrogens is 326 g/mol. The fourth-order valence-electron chi connectivity index (χ4n) is 1.90. The molecule has 0 saturated heterocycles. The van der Waals surface area contributed by atoms with Crippen molar-refractivity contribution in [2.45, 2.75) is 13.8 Å². The van der Waals surface area contributed by atoms with Crippen molar-refractivity contribution >= 4 is 39.1 Å². The lowest BCUT2D eigenvalue weighted by molar-refractivity contribution is 0.102. The van der Waals surface area contributed by atoms with Gasteiger partial charge in [0, 0.05) is 4.47 Å². The number of carbonyl (C=O) groups excluding carboxylic acids is 1. The summed E-state index contributed by atoms with van der Waals surface area (Å²) in [6, 6.07) is 11.1. The quantitative estimate of drug-likeness (QED) is 0.823. The second-order valence-electron chi connectivity index (χ2n) is 4.37. The third-order valence-corrected chi connectivity index (χ3v) is 3.78. The molecule has 0 aromatic heterocycles. The van der Waals surface area contributed by atoms with E-state index in [0.717, 1.165) is 15.6 Å². The molecule has 2 rings (SSSR count). The van der Waals surface area contributed by atoms with E-state index in [2.05, 4.69) is 21.2 Å². The Bertz CT molecular complexity index is 617. The van der Waals surface area contributed by atoms with E-state index >= 15 is 0 Å². The average Bonchev–Trinajstić information content (AvgIpc) is 2.34. The van der Waals surface area contributed by atoms with Gasteiger partial charge in [0.15, 0.2) is 0 Å². The maximum atomic E-state index is 12.2. The van der Waals surface area contributed by atoms with Crippen molar-refractivity contribution in [3.8, 4) is 0 Å². The Morgan fingerprint density at radius 1 is 1.21 bits per heavy atom. The topological polar surface area (TPSA) is 29.1 Å². The summed E-state index contributed by atoms with van der Waals surface area (Å²) in [4.78, 5) is 12.2. The molecule has 0 atom stereocenters. The van der Waals surface area contributed by atoms with Gasteiger partial charge in [0.25, 0.3) is 5.91 Å². The Morgan fingerprint density at radius 2 is 1.89 bits per heavy atom. The molecule has 2 nitrogen and oxygen atoms in total. The van der Waals surface area contributed by atoms with Gasteiger partial charge in [-0.25, -0.2) is 0 Å². The Morgan fingerprint density at radius 3 is 2.53 bits per heavy atom. The molecule has 0 radical (unpaired) electrons. The van der Waals surface area contributed by atoms with Crippen molar-refractivity contribution in [3.05, 3.63) is 62.6 Å². The van der Waals surface area contributed by atoms with E-state index in [1.54, 1.807) is 6.07 Å². The van der Waals surface area contributed by atoms with Crippen LogP contribution in [0.3, 0.4) is 0 Å². The lowest BCUT2D eigenvalue weighted by Gasteiger charge is -2.12. The lowest BCUT2D eigenvalue weighted by Crippen LogP contribution is -2.13. The molecule has 0 fully saturated rings. The highest BCUT2D eigenvalue weighted by molar-refractivity contribution is 9.10. The molecule has 0 unspecified atom stereocenters. The minimum Gasteiger partial charge on any atom is -0.320 e. The van der Waals surface area contributed by atoms with Crippen LogP contribution in [0.2, 0.25) is 5.02 Å². The summed E-state index contributed by atoms with van der Waals surface area (Å²) in [6.07, 6.45) is 0. The van der Waals surface area contributed by atoms with Crippen LogP contribution in [-0.2, 0) is 0 Å². The second-order valence-corrected chi connectivity index (χ2v) is 5.63. The molecule has 19 heavy (non-hydrogen) atoms. The highest BCUT2D eigenvalue weighted by atomic mass is 79.9. The van der Waals surface area contributed by atoms with E-state index < -0.39 is 0 Å². The van der Waals surface area contributed by atoms with Crippen LogP contribution in [-0.4, -0.2) is 5.91 Å². The highest BCUT2D eigenvalue weighted by Crippen LogP contribution is 2.28. The third kappa shape index (κ3) is 3.17. The second kappa shape index (κ2) is 5.76. The first-order chi connectivity index (χ1) is 8.99. The number of anilines is 1. The molecule has 0 bridgehead atoms. The Hall–Kier alpha value is -1.32. The van der Waals surface area contributed by atoms with Crippen molar-refractivity contribution in [2.75, 3.05) is 5.32 Å². The van der Waals surface area contributed by atoms with Crippen molar-refractivity contribution in [1.29, 1.82) is 0 Å². The Balaban J connectivity index is 2.32. The van der Waals surface area contributed by atoms with Gasteiger partial charge in [-0.15, -0.1) is 0 Å². The SMILES string of the molecule is Cc1cc(C)c(NC(=O)c2ccccc2Br)c(Cl)c1. The first-order valence-corrected chi connectivity index (χ1v) is 6.99. The summed E-state index contributed by atoms with van der Waals surface area (Å²) in [5.74, 6) is -0.179. The van der Waals surface area contributed by atoms with E-state index in [9.17, 15) is 4.79 Å². The zero-order valence-electron chi connectivity index (χ0n) is 10.6. The predicted molar refractivity (Wildman–Crippen MR) is 83.0 cm³/mol. The Kier molecular flexibility index (Phi) is 4.27. The number of nitrogens with one attached hydrogen (secondary N) is 1. The van der Waals surface area contributed by atoms with Crippen LogP contribution in [0.15, 0.2) is 40.9 Å². The molecule has 98 valence electrons. The van der Waals surface area contributed by atoms with Gasteiger partial charge in [-0.05, 0) is 59.1 Å². The summed E-state index contributed by atoms with van der Waals surface area (Å²) in [5.41, 5.74) is 3.26. The zero-order valence-corrected chi connectivity index (χ0v) is 13.0. The number of halogens is 2. The summed E-state index contributed by atoms with van der Waals surface area (Å²) >= 11 is 9.54. The number of benzene rings is 2. The molecular formula is C15H13BrClNO. The third-order valence-electron chi connectivity index (χ3n) is 2.79. The largest absolute Gasteiger partial charge is 0.320 e. The van der Waals surface area contributed by atoms with E-state index in [1.807, 2.05) is 44.2 Å². The monoisotopic (exact) mass is 337 g/mol. The summed E-state index contributed by atoms with van der Waals surface area (Å²) in [7, 11) is 0. The van der Waals surface area contributed by atoms with Crippen molar-refractivity contribution < 1.29 is 4.79 Å². The van der Waals surface area contributed by atoms with Gasteiger partial charge in [-0.2, -0.15) is 0 Å². The summed E-state index contributed by atoms with van der Waals surface area (Å²) < 4.78 is 0.758. The van der Waals surface area contributed by atoms with Crippen LogP contribution in [0.4, 0.5) is 5.69 Å². The maximum Gasteiger partial charge on any atom is 0.256 e. The minimum absolute atomic E-state index is 0.179. The van der Waals surface area contributed by atoms with Crippen LogP contribution in [0, 0.1) is 13.8 Å². The first kappa shape index (κ1) is 14.1. The van der Waals surface area contributed by atoms with Crippen LogP contribution >= 0.6 is 27.5 Å². The molecule has 0 spiro atoms. The van der Waals surface area contributed by atoms with Gasteiger partial charge >= 0.3 is 0 Å². The predicted octanol–water partition coefficient (Wildman–Crippen LogP) is 4.97. The van der Waals surface area contributed by atoms with Gasteiger partial charge in [-0.3, -0.25) is 4.79 Å². The molecule has 0 aliphatic rings. The van der Waals surface area contributed by atoms with E-state index in [1.165, 1.54) is 0 Å². The summed E-state index contributed by atoms with van der Waals surface area (Å²) in [5, 5.41) is 3.42. The molecule has 2 aromatic carbocycles. The molecule has 0 aliphatic heterocycles. The molecule has 4 heteroatoms. The van der Waals surface area contributed by atoms with Crippen molar-refractivity contribution in [1.82, 2.24) is 0 Å². The van der Waals surface area contributed by atoms with Crippen molar-refractivity contribution in [2.24, 2.45) is 0 Å². The smallest absolute Gasteiger partial charge is 0.256 e. The Labute approximate surface area is 125 Å². The molecule has 0 heterocycles. The highest BCUT2D eigenvalue weighted by Gasteiger charge is 2.13. The van der Waals surface area contributed by atoms with Gasteiger partial charge in [-0.1, -0.05) is 29.8 Å². The molecule has 0 aliphatic carbocycles. The maximum absolute atomic E-state index is 12.2. The van der Waals surface area contributed by atoms with Crippen molar-refractivity contribution in [3.63, 3.8) is 0 Å². The molecule has 2 aromatic rings. The number of hydrogen-bond acceptors (Lipinski definition) is 1. The number of rotatable bonds is 2. The number of amides is 1. The zero-order chi connectivity index (χ0) is 14.0. The minimum atomic E-state index is -0.179. The number of aryl methyl sites for hydroxylation is 2. The van der Waals surface area contributed by atoms with Crippen LogP contribution in [0.5, 0.6) is 0 Å². The average molecular weight is 339 g/mol. The van der Waals surface area contributed by atoms with E-state index in [4.69, 9.17) is 11.6 Å². The molecule has 1 amide bonds. The van der Waals surface area contributed by atoms with Gasteiger partial charge in [0.1, 0.15) is 0 Å². The van der Waals surface area contributed by atoms with E-state index in [0.29, 0.717) is 16.3 Å². The standard InChI is InChI=1S/C15H13BrClNO/c1-9-7-10(2)14(13(17)8-9)18-15(19)11-5-3-4-6-12(11)16/h3-8H,1-2H3,(H,18,19). The van der Waals surface area contributed by atoms with Crippen LogP contribution in [0.25, 0.3) is 0 Å². The van der Waals surface area contributed by atoms with Gasteiger partial charge in [0.05, 0.1) is 16.3 Å². The fraction of sp³-hybridized carbons (Fsp3) is 0.133. The van der Waals surface area contributed by atoms with E-state index in [-0.39, 0.29) is 5.91 Å². The fourth-order valence-corrected chi connectivity index (χ4v) is 2.73. The van der Waals surface area contributed by atoms with Crippen LogP contribution in [0.1, 0.15) is 21.5 Å². The normalized spacial score (nSPS) is 10.3. The number of hydrogen-bond donors (Lipinski definition) is 1. The summed E-state index contributed by atoms with van der Waals surface area (Å²) in [6.45, 7) is 3.90. The lowest BCUT2D eigenvalue weighted by atomic mass is 10.1. The molecule has 1 N–H and O–H groups in total. The van der Waals surface area contributed by atoms with Crippen LogP contribution < -0.4 is 5.32 Å². The molecule has 0 saturated carbocycles. The first-order valence-electron chi connectivity index (χ1n) is 5.81. The van der Waals surface area contributed by atoms with Gasteiger partial charge in [0.2, 0.25) is 0 Å².